The standard InChI is InChI=1S/C11H18/c1-4-10-7-6-9(3)8-11(10)5-2/h4-5,9H,6-8H2,1-3H3/b10-4-,11-5-/t9-/m0/s1. The van der Waals surface area contributed by atoms with Gasteiger partial charge in [-0.05, 0) is 50.2 Å². The van der Waals surface area contributed by atoms with Gasteiger partial charge in [-0.1, -0.05) is 19.1 Å². The summed E-state index contributed by atoms with van der Waals surface area (Å²) in [5, 5.41) is 0. The highest BCUT2D eigenvalue weighted by atomic mass is 14.2. The van der Waals surface area contributed by atoms with Crippen LogP contribution in [0.3, 0.4) is 0 Å². The van der Waals surface area contributed by atoms with Crippen molar-refractivity contribution in [3.63, 3.8) is 0 Å². The van der Waals surface area contributed by atoms with Crippen molar-refractivity contribution in [2.24, 2.45) is 5.92 Å². The lowest BCUT2D eigenvalue weighted by atomic mass is 9.83. The second-order valence-electron chi connectivity index (χ2n) is 3.48. The summed E-state index contributed by atoms with van der Waals surface area (Å²) in [6.07, 6.45) is 8.48. The summed E-state index contributed by atoms with van der Waals surface area (Å²) in [6, 6.07) is 0. The molecule has 0 aromatic heterocycles. The van der Waals surface area contributed by atoms with Crippen LogP contribution in [0, 0.1) is 5.92 Å². The summed E-state index contributed by atoms with van der Waals surface area (Å²) < 4.78 is 0. The van der Waals surface area contributed by atoms with Gasteiger partial charge in [-0.15, -0.1) is 0 Å². The van der Waals surface area contributed by atoms with Crippen LogP contribution in [0.25, 0.3) is 0 Å². The van der Waals surface area contributed by atoms with E-state index in [1.54, 1.807) is 11.1 Å². The van der Waals surface area contributed by atoms with Gasteiger partial charge < -0.3 is 0 Å². The topological polar surface area (TPSA) is 0 Å². The van der Waals surface area contributed by atoms with E-state index in [-0.39, 0.29) is 0 Å². The molecule has 1 atom stereocenters. The fourth-order valence-corrected chi connectivity index (χ4v) is 1.80. The fourth-order valence-electron chi connectivity index (χ4n) is 1.80. The van der Waals surface area contributed by atoms with E-state index in [4.69, 9.17) is 0 Å². The van der Waals surface area contributed by atoms with Crippen LogP contribution < -0.4 is 0 Å². The minimum Gasteiger partial charge on any atom is -0.0842 e. The molecule has 0 aliphatic heterocycles. The highest BCUT2D eigenvalue weighted by Gasteiger charge is 2.15. The van der Waals surface area contributed by atoms with Gasteiger partial charge in [-0.2, -0.15) is 0 Å². The van der Waals surface area contributed by atoms with Gasteiger partial charge in [0.15, 0.2) is 0 Å². The Morgan fingerprint density at radius 1 is 1.18 bits per heavy atom. The lowest BCUT2D eigenvalue weighted by molar-refractivity contribution is 0.497. The second kappa shape index (κ2) is 3.75. The maximum absolute atomic E-state index is 2.34. The average Bonchev–Trinajstić information content (AvgIpc) is 2.04. The average molecular weight is 150 g/mol. The number of rotatable bonds is 0. The molecular formula is C11H18. The molecule has 1 saturated carbocycles. The summed E-state index contributed by atoms with van der Waals surface area (Å²) >= 11 is 0. The molecule has 0 nitrogen and oxygen atoms in total. The zero-order valence-electron chi connectivity index (χ0n) is 7.85. The SMILES string of the molecule is C/C=C1/CC[C@H](C)C/C1=C/C. The summed E-state index contributed by atoms with van der Waals surface area (Å²) in [5.74, 6) is 0.893. The van der Waals surface area contributed by atoms with E-state index in [2.05, 4.69) is 32.9 Å². The predicted octanol–water partition coefficient (Wildman–Crippen LogP) is 3.70. The number of hydrogen-bond acceptors (Lipinski definition) is 0. The zero-order chi connectivity index (χ0) is 8.27. The van der Waals surface area contributed by atoms with Gasteiger partial charge in [-0.25, -0.2) is 0 Å². The predicted molar refractivity (Wildman–Crippen MR) is 50.5 cm³/mol. The molecule has 0 heterocycles. The molecule has 0 spiro atoms. The molecule has 0 saturated heterocycles. The third kappa shape index (κ3) is 1.95. The van der Waals surface area contributed by atoms with Crippen molar-refractivity contribution < 1.29 is 0 Å². The molecule has 0 heteroatoms. The summed E-state index contributed by atoms with van der Waals surface area (Å²) in [4.78, 5) is 0. The van der Waals surface area contributed by atoms with Crippen molar-refractivity contribution in [3.8, 4) is 0 Å². The smallest absolute Gasteiger partial charge is 0.0254 e. The van der Waals surface area contributed by atoms with E-state index in [9.17, 15) is 0 Å². The van der Waals surface area contributed by atoms with Crippen molar-refractivity contribution in [1.82, 2.24) is 0 Å². The third-order valence-corrected chi connectivity index (χ3v) is 2.58. The van der Waals surface area contributed by atoms with Crippen molar-refractivity contribution in [1.29, 1.82) is 0 Å². The monoisotopic (exact) mass is 150 g/mol. The molecule has 0 amide bonds. The van der Waals surface area contributed by atoms with Crippen LogP contribution in [0.2, 0.25) is 0 Å². The number of allylic oxidation sites excluding steroid dienone is 4. The summed E-state index contributed by atoms with van der Waals surface area (Å²) in [7, 11) is 0. The van der Waals surface area contributed by atoms with Gasteiger partial charge in [0.25, 0.3) is 0 Å². The molecule has 11 heavy (non-hydrogen) atoms. The first-order valence-electron chi connectivity index (χ1n) is 4.58. The molecule has 1 aliphatic rings. The van der Waals surface area contributed by atoms with Gasteiger partial charge in [0.1, 0.15) is 0 Å². The summed E-state index contributed by atoms with van der Waals surface area (Å²) in [5.41, 5.74) is 3.15. The number of hydrogen-bond donors (Lipinski definition) is 0. The van der Waals surface area contributed by atoms with E-state index >= 15 is 0 Å². The molecule has 0 aromatic carbocycles. The van der Waals surface area contributed by atoms with E-state index in [1.165, 1.54) is 19.3 Å². The Bertz CT molecular complexity index is 184. The van der Waals surface area contributed by atoms with Crippen molar-refractivity contribution in [2.75, 3.05) is 0 Å². The lowest BCUT2D eigenvalue weighted by Crippen LogP contribution is -2.06. The van der Waals surface area contributed by atoms with Crippen LogP contribution >= 0.6 is 0 Å². The molecule has 1 fully saturated rings. The molecule has 1 aliphatic carbocycles. The Morgan fingerprint density at radius 3 is 2.36 bits per heavy atom. The maximum atomic E-state index is 2.34. The zero-order valence-corrected chi connectivity index (χ0v) is 7.85. The summed E-state index contributed by atoms with van der Waals surface area (Å²) in [6.45, 7) is 6.64. The lowest BCUT2D eigenvalue weighted by Gasteiger charge is -2.23. The molecule has 0 unspecified atom stereocenters. The first-order valence-corrected chi connectivity index (χ1v) is 4.58. The van der Waals surface area contributed by atoms with Crippen LogP contribution in [0.1, 0.15) is 40.0 Å². The van der Waals surface area contributed by atoms with E-state index < -0.39 is 0 Å². The van der Waals surface area contributed by atoms with Crippen LogP contribution in [0.4, 0.5) is 0 Å². The molecule has 0 radical (unpaired) electrons. The largest absolute Gasteiger partial charge is 0.0842 e. The van der Waals surface area contributed by atoms with Gasteiger partial charge in [0.05, 0.1) is 0 Å². The van der Waals surface area contributed by atoms with Crippen LogP contribution in [-0.4, -0.2) is 0 Å². The van der Waals surface area contributed by atoms with Crippen LogP contribution in [0.5, 0.6) is 0 Å². The van der Waals surface area contributed by atoms with Crippen molar-refractivity contribution in [2.45, 2.75) is 40.0 Å². The Hall–Kier alpha value is -0.520. The minimum absolute atomic E-state index is 0.893. The van der Waals surface area contributed by atoms with Crippen LogP contribution in [-0.2, 0) is 0 Å². The van der Waals surface area contributed by atoms with Gasteiger partial charge in [0.2, 0.25) is 0 Å². The quantitative estimate of drug-likeness (QED) is 0.494. The Labute approximate surface area is 70.0 Å². The molecule has 0 N–H and O–H groups in total. The molecular weight excluding hydrogens is 132 g/mol. The molecule has 0 aromatic rings. The van der Waals surface area contributed by atoms with E-state index in [0.717, 1.165) is 5.92 Å². The van der Waals surface area contributed by atoms with Crippen molar-refractivity contribution >= 4 is 0 Å². The first kappa shape index (κ1) is 8.58. The Kier molecular flexibility index (Phi) is 2.92. The maximum Gasteiger partial charge on any atom is -0.0254 e. The molecule has 1 rings (SSSR count). The van der Waals surface area contributed by atoms with E-state index in [0.29, 0.717) is 0 Å². The van der Waals surface area contributed by atoms with Crippen molar-refractivity contribution in [3.05, 3.63) is 23.3 Å². The highest BCUT2D eigenvalue weighted by Crippen LogP contribution is 2.32. The van der Waals surface area contributed by atoms with Gasteiger partial charge >= 0.3 is 0 Å². The first-order chi connectivity index (χ1) is 5.27. The van der Waals surface area contributed by atoms with E-state index in [1.807, 2.05) is 0 Å². The Balaban J connectivity index is 2.72. The third-order valence-electron chi connectivity index (χ3n) is 2.58. The van der Waals surface area contributed by atoms with Gasteiger partial charge in [0, 0.05) is 0 Å². The Morgan fingerprint density at radius 2 is 1.82 bits per heavy atom. The van der Waals surface area contributed by atoms with Gasteiger partial charge in [-0.3, -0.25) is 0 Å². The normalized spacial score (nSPS) is 33.2. The minimum atomic E-state index is 0.893. The molecule has 0 bridgehead atoms. The van der Waals surface area contributed by atoms with Crippen LogP contribution in [0.15, 0.2) is 23.3 Å². The highest BCUT2D eigenvalue weighted by molar-refractivity contribution is 5.32. The fraction of sp³-hybridized carbons (Fsp3) is 0.636. The molecule has 62 valence electrons. The second-order valence-corrected chi connectivity index (χ2v) is 3.48.